The Labute approximate surface area is 106 Å². The van der Waals surface area contributed by atoms with E-state index in [2.05, 4.69) is 20.7 Å². The van der Waals surface area contributed by atoms with Crippen LogP contribution in [0, 0.1) is 0 Å². The number of thiophene rings is 1. The highest BCUT2D eigenvalue weighted by atomic mass is 79.9. The molecule has 0 amide bonds. The van der Waals surface area contributed by atoms with Gasteiger partial charge in [-0.15, -0.1) is 11.3 Å². The molecule has 84 valence electrons. The minimum absolute atomic E-state index is 0.354. The maximum absolute atomic E-state index is 11.0. The van der Waals surface area contributed by atoms with E-state index in [-0.39, 0.29) is 5.97 Å². The number of ether oxygens (including phenoxy) is 1. The largest absolute Gasteiger partial charge is 0.468 e. The molecule has 2 N–H and O–H groups in total. The number of thioether (sulfide) groups is 1. The summed E-state index contributed by atoms with van der Waals surface area (Å²) in [7, 11) is 1.35. The van der Waals surface area contributed by atoms with Crippen molar-refractivity contribution >= 4 is 45.0 Å². The van der Waals surface area contributed by atoms with Crippen molar-refractivity contribution in [3.05, 3.63) is 20.8 Å². The normalized spacial score (nSPS) is 12.5. The third kappa shape index (κ3) is 4.14. The molecule has 0 fully saturated rings. The van der Waals surface area contributed by atoms with Crippen LogP contribution in [0.2, 0.25) is 0 Å². The Morgan fingerprint density at radius 3 is 3.07 bits per heavy atom. The lowest BCUT2D eigenvalue weighted by molar-refractivity contribution is -0.141. The van der Waals surface area contributed by atoms with Gasteiger partial charge in [-0.3, -0.25) is 4.79 Å². The predicted octanol–water partition coefficient (Wildman–Crippen LogP) is 2.24. The summed E-state index contributed by atoms with van der Waals surface area (Å²) in [5.74, 6) is 1.09. The quantitative estimate of drug-likeness (QED) is 0.848. The van der Waals surface area contributed by atoms with Gasteiger partial charge in [-0.2, -0.15) is 11.8 Å². The Morgan fingerprint density at radius 2 is 2.53 bits per heavy atom. The van der Waals surface area contributed by atoms with Crippen molar-refractivity contribution in [1.82, 2.24) is 0 Å². The fraction of sp³-hybridized carbons (Fsp3) is 0.444. The third-order valence-corrected chi connectivity index (χ3v) is 4.92. The molecule has 0 aliphatic carbocycles. The lowest BCUT2D eigenvalue weighted by Gasteiger charge is -2.07. The Hall–Kier alpha value is -0.0400. The second-order valence-electron chi connectivity index (χ2n) is 2.84. The molecule has 1 aromatic heterocycles. The van der Waals surface area contributed by atoms with E-state index < -0.39 is 6.04 Å². The molecule has 1 unspecified atom stereocenters. The number of esters is 1. The molecule has 6 heteroatoms. The first-order valence-electron chi connectivity index (χ1n) is 4.28. The summed E-state index contributed by atoms with van der Waals surface area (Å²) in [6.07, 6.45) is 0. The molecular weight excluding hydrogens is 298 g/mol. The number of halogens is 1. The topological polar surface area (TPSA) is 52.3 Å². The summed E-state index contributed by atoms with van der Waals surface area (Å²) in [4.78, 5) is 12.3. The van der Waals surface area contributed by atoms with Crippen molar-refractivity contribution in [3.63, 3.8) is 0 Å². The summed E-state index contributed by atoms with van der Waals surface area (Å²) >= 11 is 6.77. The molecule has 1 atom stereocenters. The predicted molar refractivity (Wildman–Crippen MR) is 68.2 cm³/mol. The monoisotopic (exact) mass is 309 g/mol. The van der Waals surface area contributed by atoms with Gasteiger partial charge in [-0.1, -0.05) is 0 Å². The lowest BCUT2D eigenvalue weighted by atomic mass is 10.4. The van der Waals surface area contributed by atoms with Crippen LogP contribution in [0.5, 0.6) is 0 Å². The van der Waals surface area contributed by atoms with Gasteiger partial charge in [0.2, 0.25) is 0 Å². The Morgan fingerprint density at radius 1 is 1.80 bits per heavy atom. The van der Waals surface area contributed by atoms with Gasteiger partial charge >= 0.3 is 5.97 Å². The summed E-state index contributed by atoms with van der Waals surface area (Å²) in [6, 6.07) is 1.49. The molecule has 1 aromatic rings. The van der Waals surface area contributed by atoms with Crippen molar-refractivity contribution in [2.75, 3.05) is 12.9 Å². The standard InChI is InChI=1S/C9H12BrNO2S2/c1-13-9(12)7(11)4-14-5-8-6(10)2-3-15-8/h2-3,7H,4-5,11H2,1H3. The summed E-state index contributed by atoms with van der Waals surface area (Å²) < 4.78 is 5.66. The van der Waals surface area contributed by atoms with Crippen molar-refractivity contribution < 1.29 is 9.53 Å². The minimum Gasteiger partial charge on any atom is -0.468 e. The van der Waals surface area contributed by atoms with Gasteiger partial charge in [-0.05, 0) is 27.4 Å². The van der Waals surface area contributed by atoms with E-state index in [1.165, 1.54) is 12.0 Å². The minimum atomic E-state index is -0.529. The van der Waals surface area contributed by atoms with Gasteiger partial charge in [0.15, 0.2) is 0 Å². The van der Waals surface area contributed by atoms with E-state index in [0.29, 0.717) is 5.75 Å². The van der Waals surface area contributed by atoms with Gasteiger partial charge < -0.3 is 10.5 Å². The van der Waals surface area contributed by atoms with E-state index in [1.807, 2.05) is 11.4 Å². The maximum Gasteiger partial charge on any atom is 0.323 e. The summed E-state index contributed by atoms with van der Waals surface area (Å²) in [5, 5.41) is 2.03. The molecule has 0 bridgehead atoms. The SMILES string of the molecule is COC(=O)C(N)CSCc1sccc1Br. The number of methoxy groups -OCH3 is 1. The van der Waals surface area contributed by atoms with Gasteiger partial charge in [-0.25, -0.2) is 0 Å². The van der Waals surface area contributed by atoms with Crippen molar-refractivity contribution in [3.8, 4) is 0 Å². The van der Waals surface area contributed by atoms with Gasteiger partial charge in [0.05, 0.1) is 7.11 Å². The Kier molecular flexibility index (Phi) is 5.66. The zero-order valence-electron chi connectivity index (χ0n) is 8.23. The van der Waals surface area contributed by atoms with Gasteiger partial charge in [0.25, 0.3) is 0 Å². The number of rotatable bonds is 5. The van der Waals surface area contributed by atoms with Crippen LogP contribution >= 0.6 is 39.0 Å². The molecule has 0 aliphatic heterocycles. The maximum atomic E-state index is 11.0. The number of hydrogen-bond donors (Lipinski definition) is 1. The van der Waals surface area contributed by atoms with Crippen LogP contribution in [0.3, 0.4) is 0 Å². The first-order chi connectivity index (χ1) is 7.15. The fourth-order valence-corrected chi connectivity index (χ4v) is 3.76. The Balaban J connectivity index is 2.28. The van der Waals surface area contributed by atoms with E-state index >= 15 is 0 Å². The van der Waals surface area contributed by atoms with Crippen LogP contribution < -0.4 is 5.73 Å². The molecule has 0 saturated carbocycles. The zero-order chi connectivity index (χ0) is 11.3. The van der Waals surface area contributed by atoms with E-state index in [0.717, 1.165) is 10.2 Å². The molecule has 1 rings (SSSR count). The van der Waals surface area contributed by atoms with E-state index in [9.17, 15) is 4.79 Å². The zero-order valence-corrected chi connectivity index (χ0v) is 11.5. The highest BCUT2D eigenvalue weighted by molar-refractivity contribution is 9.10. The molecule has 1 heterocycles. The number of carbonyl (C=O) groups excluding carboxylic acids is 1. The lowest BCUT2D eigenvalue weighted by Crippen LogP contribution is -2.33. The van der Waals surface area contributed by atoms with Crippen molar-refractivity contribution in [2.24, 2.45) is 5.73 Å². The van der Waals surface area contributed by atoms with Crippen LogP contribution in [0.1, 0.15) is 4.88 Å². The van der Waals surface area contributed by atoms with Crippen LogP contribution in [-0.2, 0) is 15.3 Å². The summed E-state index contributed by atoms with van der Waals surface area (Å²) in [5.41, 5.74) is 5.60. The van der Waals surface area contributed by atoms with Crippen molar-refractivity contribution in [1.29, 1.82) is 0 Å². The molecule has 15 heavy (non-hydrogen) atoms. The molecular formula is C9H12BrNO2S2. The highest BCUT2D eigenvalue weighted by Gasteiger charge is 2.13. The van der Waals surface area contributed by atoms with E-state index in [1.54, 1.807) is 23.1 Å². The molecule has 0 radical (unpaired) electrons. The molecule has 0 saturated heterocycles. The smallest absolute Gasteiger partial charge is 0.323 e. The van der Waals surface area contributed by atoms with E-state index in [4.69, 9.17) is 5.73 Å². The number of nitrogens with two attached hydrogens (primary N) is 1. The average Bonchev–Trinajstić information content (AvgIpc) is 2.63. The molecule has 0 aromatic carbocycles. The summed E-state index contributed by atoms with van der Waals surface area (Å²) in [6.45, 7) is 0. The number of carbonyl (C=O) groups is 1. The highest BCUT2D eigenvalue weighted by Crippen LogP contribution is 2.26. The molecule has 0 aliphatic rings. The van der Waals surface area contributed by atoms with Crippen LogP contribution in [0.15, 0.2) is 15.9 Å². The second-order valence-corrected chi connectivity index (χ2v) is 5.72. The van der Waals surface area contributed by atoms with Crippen LogP contribution in [0.4, 0.5) is 0 Å². The molecule has 0 spiro atoms. The fourth-order valence-electron chi connectivity index (χ4n) is 0.926. The van der Waals surface area contributed by atoms with Crippen LogP contribution in [0.25, 0.3) is 0 Å². The van der Waals surface area contributed by atoms with Crippen molar-refractivity contribution in [2.45, 2.75) is 11.8 Å². The first-order valence-corrected chi connectivity index (χ1v) is 7.11. The number of hydrogen-bond acceptors (Lipinski definition) is 5. The first kappa shape index (κ1) is 13.0. The van der Waals surface area contributed by atoms with Gasteiger partial charge in [0, 0.05) is 20.9 Å². The third-order valence-electron chi connectivity index (χ3n) is 1.73. The van der Waals surface area contributed by atoms with Crippen LogP contribution in [-0.4, -0.2) is 24.9 Å². The molecule has 3 nitrogen and oxygen atoms in total. The van der Waals surface area contributed by atoms with Gasteiger partial charge in [0.1, 0.15) is 6.04 Å². The Bertz CT molecular complexity index is 330. The average molecular weight is 310 g/mol. The second kappa shape index (κ2) is 6.52.